The zero-order valence-electron chi connectivity index (χ0n) is 47.0. The van der Waals surface area contributed by atoms with Crippen molar-refractivity contribution >= 4 is 86.8 Å². The van der Waals surface area contributed by atoms with Crippen molar-refractivity contribution in [2.45, 2.75) is 154 Å². The first kappa shape index (κ1) is 67.4. The van der Waals surface area contributed by atoms with Gasteiger partial charge in [-0.1, -0.05) is 64.2 Å². The van der Waals surface area contributed by atoms with Gasteiger partial charge in [0.25, 0.3) is 11.9 Å². The van der Waals surface area contributed by atoms with E-state index in [0.717, 1.165) is 111 Å². The molecule has 6 aromatic rings. The van der Waals surface area contributed by atoms with Crippen molar-refractivity contribution in [3.05, 3.63) is 66.5 Å². The molecular formula is C56H81ClN12O10Pd. The van der Waals surface area contributed by atoms with Gasteiger partial charge >= 0.3 is 11.9 Å². The van der Waals surface area contributed by atoms with E-state index in [1.54, 1.807) is 12.7 Å². The minimum absolute atomic E-state index is 0. The summed E-state index contributed by atoms with van der Waals surface area (Å²) >= 11 is 5.94. The molecule has 0 bridgehead atoms. The Hall–Kier alpha value is -6.83. The summed E-state index contributed by atoms with van der Waals surface area (Å²) < 4.78 is 24.5. The molecule has 4 heterocycles. The van der Waals surface area contributed by atoms with Crippen LogP contribution in [0.15, 0.2) is 61.2 Å². The summed E-state index contributed by atoms with van der Waals surface area (Å²) in [6.07, 6.45) is 24.8. The third-order valence-corrected chi connectivity index (χ3v) is 12.7. The fraction of sp³-hybridized carbons (Fsp3) is 0.536. The Morgan fingerprint density at radius 2 is 1.00 bits per heavy atom. The van der Waals surface area contributed by atoms with Crippen LogP contribution in [0.25, 0.3) is 22.3 Å². The number of carboxylic acids is 2. The number of aliphatic carboxylic acids is 2. The van der Waals surface area contributed by atoms with E-state index < -0.39 is 11.9 Å². The monoisotopic (exact) mass is 1220 g/mol. The number of nitrogen functional groups attached to an aromatic ring is 1. The molecule has 0 saturated heterocycles. The number of benzene rings is 2. The van der Waals surface area contributed by atoms with Gasteiger partial charge in [-0.3, -0.25) is 19.2 Å². The van der Waals surface area contributed by atoms with Crippen LogP contribution in [-0.2, 0) is 63.2 Å². The van der Waals surface area contributed by atoms with E-state index in [-0.39, 0.29) is 37.6 Å². The zero-order chi connectivity index (χ0) is 57.4. The van der Waals surface area contributed by atoms with E-state index in [1.165, 1.54) is 78.4 Å². The van der Waals surface area contributed by atoms with E-state index in [1.807, 2.05) is 71.8 Å². The molecule has 2 aliphatic carbocycles. The van der Waals surface area contributed by atoms with Crippen LogP contribution in [-0.4, -0.2) is 113 Å². The number of halogens is 1. The number of hydrogen-bond acceptors (Lipinski definition) is 18. The van der Waals surface area contributed by atoms with Gasteiger partial charge in [-0.25, -0.2) is 9.97 Å². The molecule has 2 aromatic carbocycles. The van der Waals surface area contributed by atoms with Gasteiger partial charge in [-0.15, -0.1) is 0 Å². The van der Waals surface area contributed by atoms with Gasteiger partial charge in [0, 0.05) is 84.7 Å². The van der Waals surface area contributed by atoms with Gasteiger partial charge in [0.15, 0.2) is 22.9 Å². The third-order valence-electron chi connectivity index (χ3n) is 12.5. The minimum atomic E-state index is -0.833. The van der Waals surface area contributed by atoms with E-state index in [9.17, 15) is 9.59 Å². The number of unbranched alkanes of at least 4 members (excludes halogenated alkanes) is 6. The van der Waals surface area contributed by atoms with E-state index >= 15 is 0 Å². The molecule has 0 radical (unpaired) electrons. The quantitative estimate of drug-likeness (QED) is 0.0121. The standard InChI is InChI=1S/C26H36N6O3.C14H21NO3.C12H16ClN5.2C2H4O2.Pd/c1-32-18-27-24-23(32)25(28-19-10-6-5-7-11-19)31-26(30-24)29-20-13-15-21(16-14-20)35-17-9-4-3-8-12-22(33)34-2;1-17-14(16)6-4-2-3-5-11-18-13-9-7-12(15)8-10-13;1-18-7-14-10-9(18)11(17-12(13)16-10)15-8-5-3-2-4-6-8;2*1-2(3)4;/h13-16,18-19H,3-12,17H2,1-2H3,(H2,28,29,30,31);7-10H,2-6,11,15H2,1H3;7-8H,2-6H2,1H3,(H,15,16,17);2*1H3,(H,3,4);. The number of nitrogens with one attached hydrogen (secondary N) is 3. The molecule has 2 fully saturated rings. The van der Waals surface area contributed by atoms with Crippen LogP contribution in [0.5, 0.6) is 11.5 Å². The second-order valence-corrected chi connectivity index (χ2v) is 19.5. The van der Waals surface area contributed by atoms with Crippen molar-refractivity contribution in [2.75, 3.05) is 49.1 Å². The van der Waals surface area contributed by atoms with Gasteiger partial charge in [-0.05, 0) is 111 Å². The number of esters is 2. The molecule has 24 heteroatoms. The van der Waals surface area contributed by atoms with Gasteiger partial charge in [-0.2, -0.15) is 19.9 Å². The SMILES string of the molecule is CC(=O)O.CC(=O)O.COC(=O)CCCCCCOc1ccc(N)cc1.COC(=O)CCCCCCOc1ccc(Nc2nc(NC3CCCCC3)c3c(ncn3C)n2)cc1.Cn1cnc2nc(Cl)nc(NC3CCCCC3)c21.[Pd]. The van der Waals surface area contributed by atoms with Crippen LogP contribution in [0.2, 0.25) is 5.28 Å². The van der Waals surface area contributed by atoms with Crippen molar-refractivity contribution < 1.29 is 68.8 Å². The summed E-state index contributed by atoms with van der Waals surface area (Å²) in [7, 11) is 6.76. The summed E-state index contributed by atoms with van der Waals surface area (Å²) in [5.74, 6) is 1.89. The molecule has 0 unspecified atom stereocenters. The van der Waals surface area contributed by atoms with Gasteiger partial charge < -0.3 is 60.0 Å². The molecule has 22 nitrogen and oxygen atoms in total. The molecule has 0 atom stereocenters. The number of methoxy groups -OCH3 is 2. The number of carboxylic acid groups (broad SMARTS) is 2. The second-order valence-electron chi connectivity index (χ2n) is 19.2. The van der Waals surface area contributed by atoms with Crippen LogP contribution in [0.4, 0.5) is 29.0 Å². The smallest absolute Gasteiger partial charge is 0.305 e. The number of anilines is 5. The first-order valence-corrected chi connectivity index (χ1v) is 27.5. The van der Waals surface area contributed by atoms with Crippen LogP contribution < -0.4 is 31.2 Å². The van der Waals surface area contributed by atoms with E-state index in [4.69, 9.17) is 51.6 Å². The van der Waals surface area contributed by atoms with Crippen LogP contribution in [0.3, 0.4) is 0 Å². The predicted molar refractivity (Wildman–Crippen MR) is 307 cm³/mol. The van der Waals surface area contributed by atoms with Crippen molar-refractivity contribution in [2.24, 2.45) is 14.1 Å². The average molecular weight is 1220 g/mol. The Labute approximate surface area is 487 Å². The summed E-state index contributed by atoms with van der Waals surface area (Å²) in [4.78, 5) is 66.5. The van der Waals surface area contributed by atoms with Crippen LogP contribution in [0, 0.1) is 0 Å². The fourth-order valence-corrected chi connectivity index (χ4v) is 8.75. The summed E-state index contributed by atoms with van der Waals surface area (Å²) in [6, 6.07) is 16.1. The molecule has 442 valence electrons. The van der Waals surface area contributed by atoms with Crippen molar-refractivity contribution in [3.8, 4) is 11.5 Å². The number of fused-ring (bicyclic) bond motifs is 2. The molecule has 7 N–H and O–H groups in total. The Morgan fingerprint density at radius 1 is 0.600 bits per heavy atom. The number of carbonyl (C=O) groups is 4. The maximum atomic E-state index is 11.1. The average Bonchev–Trinajstić information content (AvgIpc) is 4.01. The Morgan fingerprint density at radius 3 is 1.44 bits per heavy atom. The Balaban J connectivity index is 0.000000315. The number of carbonyl (C=O) groups excluding carboxylic acids is 2. The van der Waals surface area contributed by atoms with Crippen molar-refractivity contribution in [3.63, 3.8) is 0 Å². The number of hydrogen-bond donors (Lipinski definition) is 6. The first-order valence-electron chi connectivity index (χ1n) is 27.1. The molecule has 8 rings (SSSR count). The molecule has 2 saturated carbocycles. The molecular weight excluding hydrogens is 1140 g/mol. The Bertz CT molecular complexity index is 2730. The number of nitrogens with zero attached hydrogens (tertiary/aromatic N) is 8. The van der Waals surface area contributed by atoms with Crippen molar-refractivity contribution in [1.29, 1.82) is 0 Å². The first-order chi connectivity index (χ1) is 38.0. The third kappa shape index (κ3) is 26.4. The summed E-state index contributed by atoms with van der Waals surface area (Å²) in [5.41, 5.74) is 10.4. The van der Waals surface area contributed by atoms with Crippen LogP contribution in [0.1, 0.15) is 142 Å². The normalized spacial score (nSPS) is 12.9. The number of ether oxygens (including phenoxy) is 4. The maximum absolute atomic E-state index is 11.1. The van der Waals surface area contributed by atoms with E-state index in [2.05, 4.69) is 50.3 Å². The molecule has 80 heavy (non-hydrogen) atoms. The number of imidazole rings is 2. The fourth-order valence-electron chi connectivity index (χ4n) is 8.59. The topological polar surface area (TPSA) is 295 Å². The molecule has 0 amide bonds. The number of aryl methyl sites for hydroxylation is 2. The number of rotatable bonds is 22. The van der Waals surface area contributed by atoms with E-state index in [0.29, 0.717) is 55.4 Å². The molecule has 2 aliphatic rings. The Kier molecular flexibility index (Phi) is 32.0. The minimum Gasteiger partial charge on any atom is -0.494 e. The van der Waals surface area contributed by atoms with Crippen LogP contribution >= 0.6 is 11.6 Å². The summed E-state index contributed by atoms with van der Waals surface area (Å²) in [5, 5.41) is 25.5. The van der Waals surface area contributed by atoms with Gasteiger partial charge in [0.2, 0.25) is 11.2 Å². The van der Waals surface area contributed by atoms with Gasteiger partial charge in [0.05, 0.1) is 40.1 Å². The molecule has 0 aliphatic heterocycles. The summed E-state index contributed by atoms with van der Waals surface area (Å²) in [6.45, 7) is 3.52. The molecule has 0 spiro atoms. The van der Waals surface area contributed by atoms with Crippen molar-refractivity contribution in [1.82, 2.24) is 39.0 Å². The largest absolute Gasteiger partial charge is 0.494 e. The second kappa shape index (κ2) is 37.9. The van der Waals surface area contributed by atoms with Gasteiger partial charge in [0.1, 0.15) is 22.5 Å². The number of nitrogens with two attached hydrogens (primary N) is 1. The zero-order valence-corrected chi connectivity index (χ0v) is 49.3. The maximum Gasteiger partial charge on any atom is 0.305 e. The predicted octanol–water partition coefficient (Wildman–Crippen LogP) is 11.1. The number of aromatic nitrogens is 8. The molecule has 4 aromatic heterocycles.